The molecule has 0 fully saturated rings. The zero-order valence-corrected chi connectivity index (χ0v) is 13.2. The van der Waals surface area contributed by atoms with Gasteiger partial charge < -0.3 is 10.6 Å². The van der Waals surface area contributed by atoms with Gasteiger partial charge in [-0.25, -0.2) is 4.98 Å². The van der Waals surface area contributed by atoms with Crippen molar-refractivity contribution in [2.24, 2.45) is 0 Å². The van der Waals surface area contributed by atoms with Crippen LogP contribution in [0, 0.1) is 0 Å². The molecular weight excluding hydrogens is 331 g/mol. The van der Waals surface area contributed by atoms with Gasteiger partial charge in [0, 0.05) is 11.9 Å². The minimum Gasteiger partial charge on any atom is -0.363 e. The average Bonchev–Trinajstić information content (AvgIpc) is 2.96. The molecule has 1 amide bonds. The summed E-state index contributed by atoms with van der Waals surface area (Å²) in [6, 6.07) is 7.35. The van der Waals surface area contributed by atoms with Gasteiger partial charge in [-0.3, -0.25) is 4.79 Å². The van der Waals surface area contributed by atoms with Gasteiger partial charge in [0.15, 0.2) is 0 Å². The standard InChI is InChI=1S/C18H16F3N3O/c1-2-17(25)23-13-4-5-14-11(9-13)3-6-15(14)24-16-10-12(7-8-22-16)18(19,20)21/h2,4-5,7-10,15H,1,3,6H2,(H,22,24)(H,23,25)/t15-/m0/s1. The summed E-state index contributed by atoms with van der Waals surface area (Å²) in [4.78, 5) is 15.3. The number of halogens is 3. The summed E-state index contributed by atoms with van der Waals surface area (Å²) in [5, 5.41) is 5.76. The molecule has 4 nitrogen and oxygen atoms in total. The van der Waals surface area contributed by atoms with Crippen molar-refractivity contribution in [2.45, 2.75) is 25.1 Å². The van der Waals surface area contributed by atoms with Gasteiger partial charge in [0.05, 0.1) is 11.6 Å². The first-order chi connectivity index (χ1) is 11.9. The number of hydrogen-bond acceptors (Lipinski definition) is 3. The van der Waals surface area contributed by atoms with Crippen LogP contribution in [0.1, 0.15) is 29.2 Å². The van der Waals surface area contributed by atoms with Gasteiger partial charge in [-0.2, -0.15) is 13.2 Å². The fraction of sp³-hybridized carbons (Fsp3) is 0.222. The summed E-state index contributed by atoms with van der Waals surface area (Å²) >= 11 is 0. The van der Waals surface area contributed by atoms with Crippen molar-refractivity contribution in [3.05, 3.63) is 65.9 Å². The summed E-state index contributed by atoms with van der Waals surface area (Å²) < 4.78 is 38.4. The average molecular weight is 347 g/mol. The lowest BCUT2D eigenvalue weighted by Crippen LogP contribution is -2.11. The molecule has 1 aromatic heterocycles. The van der Waals surface area contributed by atoms with E-state index in [2.05, 4.69) is 22.2 Å². The zero-order valence-electron chi connectivity index (χ0n) is 13.2. The van der Waals surface area contributed by atoms with Gasteiger partial charge in [-0.05, 0) is 54.3 Å². The minimum atomic E-state index is -4.40. The molecule has 0 spiro atoms. The summed E-state index contributed by atoms with van der Waals surface area (Å²) in [5.41, 5.74) is 1.98. The van der Waals surface area contributed by atoms with Crippen molar-refractivity contribution in [1.29, 1.82) is 0 Å². The van der Waals surface area contributed by atoms with Crippen LogP contribution in [0.25, 0.3) is 0 Å². The van der Waals surface area contributed by atoms with Crippen molar-refractivity contribution >= 4 is 17.4 Å². The van der Waals surface area contributed by atoms with E-state index >= 15 is 0 Å². The highest BCUT2D eigenvalue weighted by molar-refractivity contribution is 5.98. The van der Waals surface area contributed by atoms with E-state index < -0.39 is 11.7 Å². The summed E-state index contributed by atoms with van der Waals surface area (Å²) in [6.07, 6.45) is -0.549. The zero-order chi connectivity index (χ0) is 18.0. The molecule has 0 radical (unpaired) electrons. The SMILES string of the molecule is C=CC(=O)Nc1ccc2c(c1)CC[C@@H]2Nc1cc(C(F)(F)F)ccn1. The maximum absolute atomic E-state index is 12.8. The van der Waals surface area contributed by atoms with Crippen LogP contribution in [0.2, 0.25) is 0 Å². The van der Waals surface area contributed by atoms with Crippen LogP contribution in [-0.4, -0.2) is 10.9 Å². The van der Waals surface area contributed by atoms with Crippen LogP contribution in [0.5, 0.6) is 0 Å². The molecule has 0 unspecified atom stereocenters. The Kier molecular flexibility index (Phi) is 4.48. The second-order valence-corrected chi connectivity index (χ2v) is 5.77. The van der Waals surface area contributed by atoms with Crippen LogP contribution in [0.4, 0.5) is 24.7 Å². The fourth-order valence-corrected chi connectivity index (χ4v) is 2.90. The Labute approximate surface area is 142 Å². The second kappa shape index (κ2) is 6.58. The van der Waals surface area contributed by atoms with Gasteiger partial charge >= 0.3 is 6.18 Å². The third-order valence-corrected chi connectivity index (χ3v) is 4.08. The van der Waals surface area contributed by atoms with E-state index in [0.717, 1.165) is 42.3 Å². The minimum absolute atomic E-state index is 0.116. The molecule has 7 heteroatoms. The summed E-state index contributed by atoms with van der Waals surface area (Å²) in [5.74, 6) is -0.0995. The maximum Gasteiger partial charge on any atom is 0.416 e. The van der Waals surface area contributed by atoms with Crippen molar-refractivity contribution in [3.63, 3.8) is 0 Å². The number of fused-ring (bicyclic) bond motifs is 1. The van der Waals surface area contributed by atoms with E-state index in [1.165, 1.54) is 6.08 Å². The number of benzene rings is 1. The smallest absolute Gasteiger partial charge is 0.363 e. The lowest BCUT2D eigenvalue weighted by molar-refractivity contribution is -0.137. The molecule has 1 atom stereocenters. The Bertz CT molecular complexity index is 817. The molecule has 25 heavy (non-hydrogen) atoms. The molecule has 1 aliphatic rings. The Morgan fingerprint density at radius 3 is 2.80 bits per heavy atom. The third kappa shape index (κ3) is 3.81. The van der Waals surface area contributed by atoms with Crippen LogP contribution in [0.3, 0.4) is 0 Å². The molecule has 1 heterocycles. The molecular formula is C18H16F3N3O. The van der Waals surface area contributed by atoms with Crippen LogP contribution in [0.15, 0.2) is 49.2 Å². The highest BCUT2D eigenvalue weighted by Crippen LogP contribution is 2.36. The van der Waals surface area contributed by atoms with Gasteiger partial charge in [-0.1, -0.05) is 12.6 Å². The van der Waals surface area contributed by atoms with Crippen molar-refractivity contribution < 1.29 is 18.0 Å². The number of nitrogens with zero attached hydrogens (tertiary/aromatic N) is 1. The molecule has 1 aromatic carbocycles. The normalized spacial score (nSPS) is 16.2. The number of alkyl halides is 3. The number of carbonyl (C=O) groups excluding carboxylic acids is 1. The summed E-state index contributed by atoms with van der Waals surface area (Å²) in [6.45, 7) is 3.40. The van der Waals surface area contributed by atoms with E-state index in [1.54, 1.807) is 6.07 Å². The van der Waals surface area contributed by atoms with Gasteiger partial charge in [0.1, 0.15) is 5.82 Å². The number of hydrogen-bond donors (Lipinski definition) is 2. The lowest BCUT2D eigenvalue weighted by Gasteiger charge is -2.16. The molecule has 130 valence electrons. The molecule has 2 N–H and O–H groups in total. The highest BCUT2D eigenvalue weighted by Gasteiger charge is 2.31. The van der Waals surface area contributed by atoms with Crippen LogP contribution in [-0.2, 0) is 17.4 Å². The first kappa shape index (κ1) is 17.0. The molecule has 0 saturated carbocycles. The molecule has 3 rings (SSSR count). The topological polar surface area (TPSA) is 54.0 Å². The first-order valence-corrected chi connectivity index (χ1v) is 7.73. The van der Waals surface area contributed by atoms with Crippen molar-refractivity contribution in [1.82, 2.24) is 4.98 Å². The quantitative estimate of drug-likeness (QED) is 0.810. The predicted octanol–water partition coefficient (Wildman–Crippen LogP) is 4.32. The first-order valence-electron chi connectivity index (χ1n) is 7.73. The van der Waals surface area contributed by atoms with E-state index in [4.69, 9.17) is 0 Å². The molecule has 2 aromatic rings. The Morgan fingerprint density at radius 1 is 1.28 bits per heavy atom. The number of aryl methyl sites for hydroxylation is 1. The van der Waals surface area contributed by atoms with E-state index in [1.807, 2.05) is 12.1 Å². The Hall–Kier alpha value is -2.83. The number of aromatic nitrogens is 1. The number of carbonyl (C=O) groups is 1. The number of nitrogens with one attached hydrogen (secondary N) is 2. The lowest BCUT2D eigenvalue weighted by atomic mass is 10.1. The molecule has 1 aliphatic carbocycles. The number of rotatable bonds is 4. The number of pyridine rings is 1. The van der Waals surface area contributed by atoms with Crippen molar-refractivity contribution in [3.8, 4) is 0 Å². The predicted molar refractivity (Wildman–Crippen MR) is 89.2 cm³/mol. The van der Waals surface area contributed by atoms with E-state index in [-0.39, 0.29) is 17.8 Å². The maximum atomic E-state index is 12.8. The molecule has 0 saturated heterocycles. The van der Waals surface area contributed by atoms with E-state index in [9.17, 15) is 18.0 Å². The van der Waals surface area contributed by atoms with Crippen molar-refractivity contribution in [2.75, 3.05) is 10.6 Å². The third-order valence-electron chi connectivity index (χ3n) is 4.08. The Morgan fingerprint density at radius 2 is 2.08 bits per heavy atom. The van der Waals surface area contributed by atoms with E-state index in [0.29, 0.717) is 5.69 Å². The number of anilines is 2. The van der Waals surface area contributed by atoms with Gasteiger partial charge in [-0.15, -0.1) is 0 Å². The van der Waals surface area contributed by atoms with Gasteiger partial charge in [0.25, 0.3) is 0 Å². The van der Waals surface area contributed by atoms with Crippen LogP contribution >= 0.6 is 0 Å². The second-order valence-electron chi connectivity index (χ2n) is 5.77. The van der Waals surface area contributed by atoms with Crippen LogP contribution < -0.4 is 10.6 Å². The molecule has 0 aliphatic heterocycles. The Balaban J connectivity index is 1.77. The largest absolute Gasteiger partial charge is 0.416 e. The molecule has 0 bridgehead atoms. The van der Waals surface area contributed by atoms with Gasteiger partial charge in [0.2, 0.25) is 5.91 Å². The monoisotopic (exact) mass is 347 g/mol. The summed E-state index contributed by atoms with van der Waals surface area (Å²) in [7, 11) is 0. The number of amides is 1. The highest BCUT2D eigenvalue weighted by atomic mass is 19.4. The fourth-order valence-electron chi connectivity index (χ4n) is 2.90.